The van der Waals surface area contributed by atoms with E-state index < -0.39 is 18.2 Å². The summed E-state index contributed by atoms with van der Waals surface area (Å²) in [6, 6.07) is 10.0. The van der Waals surface area contributed by atoms with Gasteiger partial charge in [0, 0.05) is 29.3 Å². The number of aryl methyl sites for hydroxylation is 1. The number of hydrogen-bond acceptors (Lipinski definition) is 3. The molecule has 1 heterocycles. The molecule has 128 valence electrons. The van der Waals surface area contributed by atoms with Crippen molar-refractivity contribution in [2.24, 2.45) is 0 Å². The molecule has 0 saturated carbocycles. The maximum atomic E-state index is 13.4. The van der Waals surface area contributed by atoms with E-state index in [-0.39, 0.29) is 18.0 Å². The Hall–Kier alpha value is -2.86. The van der Waals surface area contributed by atoms with Crippen molar-refractivity contribution in [1.29, 1.82) is 0 Å². The molecule has 4 nitrogen and oxygen atoms in total. The van der Waals surface area contributed by atoms with Gasteiger partial charge >= 0.3 is 0 Å². The zero-order chi connectivity index (χ0) is 18.0. The Morgan fingerprint density at radius 3 is 2.72 bits per heavy atom. The third kappa shape index (κ3) is 3.64. The topological polar surface area (TPSA) is 62.2 Å². The maximum absolute atomic E-state index is 13.4. The van der Waals surface area contributed by atoms with E-state index in [1.807, 2.05) is 0 Å². The van der Waals surface area contributed by atoms with Crippen molar-refractivity contribution in [1.82, 2.24) is 10.3 Å². The van der Waals surface area contributed by atoms with Crippen molar-refractivity contribution in [3.05, 3.63) is 76.5 Å². The summed E-state index contributed by atoms with van der Waals surface area (Å²) in [5.41, 5.74) is 2.25. The van der Waals surface area contributed by atoms with Gasteiger partial charge in [0.15, 0.2) is 0 Å². The number of carbonyl (C=O) groups is 1. The largest absolute Gasteiger partial charge is 0.392 e. The van der Waals surface area contributed by atoms with Gasteiger partial charge in [0.25, 0.3) is 5.91 Å². The van der Waals surface area contributed by atoms with E-state index in [1.165, 1.54) is 30.3 Å². The first kappa shape index (κ1) is 17.0. The maximum Gasteiger partial charge on any atom is 0.252 e. The van der Waals surface area contributed by atoms with Crippen molar-refractivity contribution in [2.45, 2.75) is 20.1 Å². The Bertz CT molecular complexity index is 952. The number of carbonyl (C=O) groups excluding carboxylic acids is 1. The summed E-state index contributed by atoms with van der Waals surface area (Å²) in [7, 11) is 0. The number of aliphatic hydroxyl groups excluding tert-OH is 1. The number of halogens is 2. The number of aliphatic hydroxyl groups is 1. The Kier molecular flexibility index (Phi) is 4.72. The molecule has 0 unspecified atom stereocenters. The monoisotopic (exact) mass is 342 g/mol. The molecule has 0 aliphatic carbocycles. The molecule has 6 heteroatoms. The van der Waals surface area contributed by atoms with Gasteiger partial charge in [-0.25, -0.2) is 8.78 Å². The SMILES string of the molecule is Cc1cc(C(=O)NCc2ccc(F)c(CO)c2)c2ccc(F)cc2n1. The summed E-state index contributed by atoms with van der Waals surface area (Å²) >= 11 is 0. The molecule has 0 atom stereocenters. The van der Waals surface area contributed by atoms with E-state index in [0.29, 0.717) is 27.7 Å². The Morgan fingerprint density at radius 1 is 1.16 bits per heavy atom. The van der Waals surface area contributed by atoms with Crippen LogP contribution in [0.4, 0.5) is 8.78 Å². The Labute approximate surface area is 143 Å². The van der Waals surface area contributed by atoms with Gasteiger partial charge in [-0.2, -0.15) is 0 Å². The van der Waals surface area contributed by atoms with Crippen LogP contribution in [0.3, 0.4) is 0 Å². The summed E-state index contributed by atoms with van der Waals surface area (Å²) in [6.07, 6.45) is 0. The lowest BCUT2D eigenvalue weighted by Gasteiger charge is -2.10. The second-order valence-electron chi connectivity index (χ2n) is 5.74. The summed E-state index contributed by atoms with van der Waals surface area (Å²) in [5, 5.41) is 12.4. The van der Waals surface area contributed by atoms with Crippen LogP contribution in [0.25, 0.3) is 10.9 Å². The Balaban J connectivity index is 1.85. The summed E-state index contributed by atoms with van der Waals surface area (Å²) in [4.78, 5) is 16.8. The van der Waals surface area contributed by atoms with Gasteiger partial charge in [-0.1, -0.05) is 6.07 Å². The molecule has 0 bridgehead atoms. The smallest absolute Gasteiger partial charge is 0.252 e. The van der Waals surface area contributed by atoms with Crippen LogP contribution in [-0.4, -0.2) is 16.0 Å². The van der Waals surface area contributed by atoms with E-state index in [0.717, 1.165) is 0 Å². The lowest BCUT2D eigenvalue weighted by Crippen LogP contribution is -2.23. The fourth-order valence-corrected chi connectivity index (χ4v) is 2.66. The molecule has 0 spiro atoms. The molecule has 1 amide bonds. The quantitative estimate of drug-likeness (QED) is 0.765. The number of pyridine rings is 1. The van der Waals surface area contributed by atoms with Crippen molar-refractivity contribution >= 4 is 16.8 Å². The van der Waals surface area contributed by atoms with Crippen LogP contribution >= 0.6 is 0 Å². The second kappa shape index (κ2) is 6.94. The first-order valence-corrected chi connectivity index (χ1v) is 7.71. The number of nitrogens with one attached hydrogen (secondary N) is 1. The molecule has 1 aromatic heterocycles. The summed E-state index contributed by atoms with van der Waals surface area (Å²) < 4.78 is 26.8. The van der Waals surface area contributed by atoms with Crippen LogP contribution in [0.2, 0.25) is 0 Å². The highest BCUT2D eigenvalue weighted by atomic mass is 19.1. The van der Waals surface area contributed by atoms with Gasteiger partial charge in [0.1, 0.15) is 11.6 Å². The zero-order valence-corrected chi connectivity index (χ0v) is 13.5. The standard InChI is InChI=1S/C19H16F2N2O2/c1-11-6-16(15-4-3-14(20)8-18(15)23-11)19(25)22-9-12-2-5-17(21)13(7-12)10-24/h2-8,24H,9-10H2,1H3,(H,22,25). The van der Waals surface area contributed by atoms with Crippen LogP contribution in [-0.2, 0) is 13.2 Å². The minimum absolute atomic E-state index is 0.174. The fraction of sp³-hybridized carbons (Fsp3) is 0.158. The fourth-order valence-electron chi connectivity index (χ4n) is 2.66. The Morgan fingerprint density at radius 2 is 1.96 bits per heavy atom. The third-order valence-electron chi connectivity index (χ3n) is 3.88. The number of fused-ring (bicyclic) bond motifs is 1. The van der Waals surface area contributed by atoms with Gasteiger partial charge in [-0.15, -0.1) is 0 Å². The molecule has 3 rings (SSSR count). The molecule has 2 aromatic carbocycles. The second-order valence-corrected chi connectivity index (χ2v) is 5.74. The molecule has 3 aromatic rings. The summed E-state index contributed by atoms with van der Waals surface area (Å²) in [6.45, 7) is 1.50. The molecule has 0 fully saturated rings. The zero-order valence-electron chi connectivity index (χ0n) is 13.5. The van der Waals surface area contributed by atoms with Crippen LogP contribution in [0, 0.1) is 18.6 Å². The normalized spacial score (nSPS) is 10.9. The lowest BCUT2D eigenvalue weighted by molar-refractivity contribution is 0.0952. The van der Waals surface area contributed by atoms with E-state index >= 15 is 0 Å². The molecule has 2 N–H and O–H groups in total. The van der Waals surface area contributed by atoms with Gasteiger partial charge in [0.05, 0.1) is 17.7 Å². The van der Waals surface area contributed by atoms with Crippen molar-refractivity contribution in [3.63, 3.8) is 0 Å². The highest BCUT2D eigenvalue weighted by molar-refractivity contribution is 6.06. The van der Waals surface area contributed by atoms with Gasteiger partial charge < -0.3 is 10.4 Å². The third-order valence-corrected chi connectivity index (χ3v) is 3.88. The summed E-state index contributed by atoms with van der Waals surface area (Å²) in [5.74, 6) is -1.24. The highest BCUT2D eigenvalue weighted by Gasteiger charge is 2.13. The number of hydrogen-bond donors (Lipinski definition) is 2. The van der Waals surface area contributed by atoms with E-state index in [9.17, 15) is 13.6 Å². The van der Waals surface area contributed by atoms with Crippen molar-refractivity contribution in [2.75, 3.05) is 0 Å². The van der Waals surface area contributed by atoms with E-state index in [2.05, 4.69) is 10.3 Å². The van der Waals surface area contributed by atoms with Gasteiger partial charge in [-0.3, -0.25) is 9.78 Å². The molecular formula is C19H16F2N2O2. The van der Waals surface area contributed by atoms with Crippen LogP contribution in [0.5, 0.6) is 0 Å². The van der Waals surface area contributed by atoms with E-state index in [4.69, 9.17) is 5.11 Å². The molecular weight excluding hydrogens is 326 g/mol. The number of nitrogens with zero attached hydrogens (tertiary/aromatic N) is 1. The molecule has 0 aliphatic heterocycles. The van der Waals surface area contributed by atoms with E-state index in [1.54, 1.807) is 19.1 Å². The van der Waals surface area contributed by atoms with Gasteiger partial charge in [0.2, 0.25) is 0 Å². The average Bonchev–Trinajstić information content (AvgIpc) is 2.59. The minimum atomic E-state index is -0.490. The number of rotatable bonds is 4. The number of aromatic nitrogens is 1. The average molecular weight is 342 g/mol. The predicted molar refractivity (Wildman–Crippen MR) is 89.9 cm³/mol. The molecule has 0 radical (unpaired) electrons. The molecule has 25 heavy (non-hydrogen) atoms. The minimum Gasteiger partial charge on any atom is -0.392 e. The first-order chi connectivity index (χ1) is 12.0. The van der Waals surface area contributed by atoms with Crippen LogP contribution < -0.4 is 5.32 Å². The number of amides is 1. The molecule has 0 aliphatic rings. The van der Waals surface area contributed by atoms with Crippen molar-refractivity contribution in [3.8, 4) is 0 Å². The van der Waals surface area contributed by atoms with Crippen LogP contribution in [0.1, 0.15) is 27.2 Å². The number of benzene rings is 2. The highest BCUT2D eigenvalue weighted by Crippen LogP contribution is 2.20. The first-order valence-electron chi connectivity index (χ1n) is 7.71. The lowest BCUT2D eigenvalue weighted by atomic mass is 10.1. The van der Waals surface area contributed by atoms with Crippen LogP contribution in [0.15, 0.2) is 42.5 Å². The predicted octanol–water partition coefficient (Wildman–Crippen LogP) is 3.24. The van der Waals surface area contributed by atoms with Crippen molar-refractivity contribution < 1.29 is 18.7 Å². The van der Waals surface area contributed by atoms with Gasteiger partial charge in [-0.05, 0) is 42.8 Å². The molecule has 0 saturated heterocycles.